The third kappa shape index (κ3) is 4.38. The topological polar surface area (TPSA) is 92.3 Å². The maximum atomic E-state index is 13.3. The van der Waals surface area contributed by atoms with Crippen molar-refractivity contribution in [3.63, 3.8) is 0 Å². The molecule has 0 aliphatic carbocycles. The van der Waals surface area contributed by atoms with Gasteiger partial charge in [-0.1, -0.05) is 59.4 Å². The van der Waals surface area contributed by atoms with Crippen molar-refractivity contribution >= 4 is 22.7 Å². The van der Waals surface area contributed by atoms with Gasteiger partial charge in [0.2, 0.25) is 18.5 Å². The van der Waals surface area contributed by atoms with E-state index in [1.807, 2.05) is 60.7 Å². The van der Waals surface area contributed by atoms with Crippen molar-refractivity contribution in [2.24, 2.45) is 0 Å². The van der Waals surface area contributed by atoms with E-state index in [0.717, 1.165) is 17.5 Å². The molecular weight excluding hydrogens is 464 g/mol. The van der Waals surface area contributed by atoms with Crippen LogP contribution in [-0.4, -0.2) is 26.5 Å². The smallest absolute Gasteiger partial charge is 0.262 e. The van der Waals surface area contributed by atoms with Crippen molar-refractivity contribution in [1.29, 1.82) is 0 Å². The largest absolute Gasteiger partial charge is 0.454 e. The zero-order valence-corrected chi connectivity index (χ0v) is 19.4. The molecule has 0 spiro atoms. The van der Waals surface area contributed by atoms with Crippen molar-refractivity contribution < 1.29 is 14.0 Å². The highest BCUT2D eigenvalue weighted by Crippen LogP contribution is 2.35. The summed E-state index contributed by atoms with van der Waals surface area (Å²) in [6.45, 7) is 0.729. The van der Waals surface area contributed by atoms with Crippen LogP contribution in [0.25, 0.3) is 22.3 Å². The molecule has 0 fully saturated rings. The van der Waals surface area contributed by atoms with Gasteiger partial charge in [0.1, 0.15) is 0 Å². The SMILES string of the molecule is O=c1c2ccccc2nc(SCc2nc(-c3ccc4c(c3)OCO4)no2)n1CCc1ccccc1. The first-order valence-electron chi connectivity index (χ1n) is 11.1. The summed E-state index contributed by atoms with van der Waals surface area (Å²) in [6.07, 6.45) is 0.725. The molecule has 0 unspecified atom stereocenters. The molecule has 0 bridgehead atoms. The van der Waals surface area contributed by atoms with Crippen LogP contribution >= 0.6 is 11.8 Å². The number of para-hydroxylation sites is 1. The summed E-state index contributed by atoms with van der Waals surface area (Å²) in [7, 11) is 0. The summed E-state index contributed by atoms with van der Waals surface area (Å²) in [4.78, 5) is 22.6. The van der Waals surface area contributed by atoms with Gasteiger partial charge in [0.25, 0.3) is 5.56 Å². The number of nitrogens with zero attached hydrogens (tertiary/aromatic N) is 4. The molecule has 0 radical (unpaired) electrons. The van der Waals surface area contributed by atoms with Crippen molar-refractivity contribution in [2.45, 2.75) is 23.9 Å². The van der Waals surface area contributed by atoms with Gasteiger partial charge in [-0.15, -0.1) is 0 Å². The lowest BCUT2D eigenvalue weighted by Gasteiger charge is -2.12. The number of hydrogen-bond acceptors (Lipinski definition) is 8. The van der Waals surface area contributed by atoms with E-state index >= 15 is 0 Å². The lowest BCUT2D eigenvalue weighted by Crippen LogP contribution is -2.24. The number of ether oxygens (including phenoxy) is 2. The highest BCUT2D eigenvalue weighted by Gasteiger charge is 2.18. The summed E-state index contributed by atoms with van der Waals surface area (Å²) in [6, 6.07) is 23.0. The summed E-state index contributed by atoms with van der Waals surface area (Å²) >= 11 is 1.40. The van der Waals surface area contributed by atoms with Crippen LogP contribution in [0.4, 0.5) is 0 Å². The number of benzene rings is 3. The monoisotopic (exact) mass is 484 g/mol. The third-order valence-electron chi connectivity index (χ3n) is 5.72. The number of hydrogen-bond donors (Lipinski definition) is 0. The highest BCUT2D eigenvalue weighted by atomic mass is 32.2. The van der Waals surface area contributed by atoms with Crippen molar-refractivity contribution in [3.8, 4) is 22.9 Å². The Bertz CT molecular complexity index is 1570. The predicted octanol–water partition coefficient (Wildman–Crippen LogP) is 4.71. The van der Waals surface area contributed by atoms with Crippen LogP contribution in [-0.2, 0) is 18.7 Å². The molecule has 3 aromatic carbocycles. The van der Waals surface area contributed by atoms with Gasteiger partial charge in [-0.2, -0.15) is 4.98 Å². The van der Waals surface area contributed by atoms with Gasteiger partial charge < -0.3 is 14.0 Å². The molecule has 35 heavy (non-hydrogen) atoms. The van der Waals surface area contributed by atoms with E-state index in [-0.39, 0.29) is 12.4 Å². The van der Waals surface area contributed by atoms with Crippen LogP contribution in [0.3, 0.4) is 0 Å². The maximum Gasteiger partial charge on any atom is 0.262 e. The van der Waals surface area contributed by atoms with Gasteiger partial charge in [-0.05, 0) is 42.3 Å². The second-order valence-electron chi connectivity index (χ2n) is 7.97. The molecule has 0 N–H and O–H groups in total. The normalized spacial score (nSPS) is 12.3. The highest BCUT2D eigenvalue weighted by molar-refractivity contribution is 7.98. The lowest BCUT2D eigenvalue weighted by atomic mass is 10.1. The fourth-order valence-corrected chi connectivity index (χ4v) is 4.80. The Balaban J connectivity index is 1.25. The molecule has 1 aliphatic heterocycles. The fourth-order valence-electron chi connectivity index (χ4n) is 3.93. The van der Waals surface area contributed by atoms with Crippen LogP contribution in [0.15, 0.2) is 87.3 Å². The van der Waals surface area contributed by atoms with E-state index in [0.29, 0.717) is 51.6 Å². The predicted molar refractivity (Wildman–Crippen MR) is 132 cm³/mol. The van der Waals surface area contributed by atoms with Gasteiger partial charge >= 0.3 is 0 Å². The summed E-state index contributed by atoms with van der Waals surface area (Å²) in [5, 5.41) is 5.33. The first kappa shape index (κ1) is 21.4. The number of aromatic nitrogens is 4. The van der Waals surface area contributed by atoms with Crippen molar-refractivity contribution in [3.05, 3.63) is 94.6 Å². The Labute approximate surface area is 204 Å². The molecule has 3 heterocycles. The second-order valence-corrected chi connectivity index (χ2v) is 8.91. The Morgan fingerprint density at radius 1 is 0.914 bits per heavy atom. The number of thioether (sulfide) groups is 1. The van der Waals surface area contributed by atoms with Crippen LogP contribution in [0.2, 0.25) is 0 Å². The van der Waals surface area contributed by atoms with E-state index in [1.54, 1.807) is 4.57 Å². The molecule has 6 rings (SSSR count). The minimum atomic E-state index is -0.0550. The summed E-state index contributed by atoms with van der Waals surface area (Å²) < 4.78 is 18.0. The quantitative estimate of drug-likeness (QED) is 0.242. The molecular formula is C26H20N4O4S. The van der Waals surface area contributed by atoms with Gasteiger partial charge in [0, 0.05) is 12.1 Å². The minimum absolute atomic E-state index is 0.0550. The first-order valence-corrected chi connectivity index (χ1v) is 12.1. The molecule has 174 valence electrons. The van der Waals surface area contributed by atoms with Crippen molar-refractivity contribution in [1.82, 2.24) is 19.7 Å². The van der Waals surface area contributed by atoms with Gasteiger partial charge in [-0.3, -0.25) is 9.36 Å². The molecule has 0 amide bonds. The average Bonchev–Trinajstić information content (AvgIpc) is 3.57. The lowest BCUT2D eigenvalue weighted by molar-refractivity contribution is 0.174. The maximum absolute atomic E-state index is 13.3. The average molecular weight is 485 g/mol. The van der Waals surface area contributed by atoms with E-state index in [2.05, 4.69) is 22.3 Å². The van der Waals surface area contributed by atoms with E-state index in [4.69, 9.17) is 19.0 Å². The number of fused-ring (bicyclic) bond motifs is 2. The second kappa shape index (κ2) is 9.27. The molecule has 5 aromatic rings. The van der Waals surface area contributed by atoms with Crippen LogP contribution in [0.1, 0.15) is 11.5 Å². The van der Waals surface area contributed by atoms with E-state index in [9.17, 15) is 4.79 Å². The first-order chi connectivity index (χ1) is 17.2. The molecule has 9 heteroatoms. The molecule has 0 saturated heterocycles. The summed E-state index contributed by atoms with van der Waals surface area (Å²) in [5.74, 6) is 2.65. The van der Waals surface area contributed by atoms with Gasteiger partial charge in [-0.25, -0.2) is 4.98 Å². The fraction of sp³-hybridized carbons (Fsp3) is 0.154. The Kier molecular flexibility index (Phi) is 5.67. The standard InChI is InChI=1S/C26H20N4O4S/c31-25-19-8-4-5-9-20(19)27-26(30(25)13-12-17-6-2-1-3-7-17)35-15-23-28-24(29-34-23)18-10-11-21-22(14-18)33-16-32-21/h1-11,14H,12-13,15-16H2. The Morgan fingerprint density at radius 2 is 1.74 bits per heavy atom. The van der Waals surface area contributed by atoms with Crippen LogP contribution in [0, 0.1) is 0 Å². The molecule has 8 nitrogen and oxygen atoms in total. The number of rotatable bonds is 7. The number of aryl methyl sites for hydroxylation is 1. The van der Waals surface area contributed by atoms with Crippen molar-refractivity contribution in [2.75, 3.05) is 6.79 Å². The zero-order chi connectivity index (χ0) is 23.6. The minimum Gasteiger partial charge on any atom is -0.454 e. The van der Waals surface area contributed by atoms with Gasteiger partial charge in [0.15, 0.2) is 16.7 Å². The third-order valence-corrected chi connectivity index (χ3v) is 6.68. The van der Waals surface area contributed by atoms with E-state index in [1.165, 1.54) is 11.8 Å². The summed E-state index contributed by atoms with van der Waals surface area (Å²) in [5.41, 5.74) is 2.55. The molecule has 2 aromatic heterocycles. The molecule has 0 atom stereocenters. The Hall–Kier alpha value is -4.11. The zero-order valence-electron chi connectivity index (χ0n) is 18.6. The molecule has 0 saturated carbocycles. The van der Waals surface area contributed by atoms with Gasteiger partial charge in [0.05, 0.1) is 16.7 Å². The Morgan fingerprint density at radius 3 is 2.66 bits per heavy atom. The van der Waals surface area contributed by atoms with E-state index < -0.39 is 0 Å². The molecule has 1 aliphatic rings. The van der Waals surface area contributed by atoms with Crippen LogP contribution in [0.5, 0.6) is 11.5 Å². The van der Waals surface area contributed by atoms with Crippen LogP contribution < -0.4 is 15.0 Å².